The van der Waals surface area contributed by atoms with Gasteiger partial charge in [-0.15, -0.1) is 11.6 Å². The maximum absolute atomic E-state index is 11.4. The molecule has 3 heteroatoms. The molecule has 102 valence electrons. The van der Waals surface area contributed by atoms with E-state index in [0.29, 0.717) is 6.42 Å². The van der Waals surface area contributed by atoms with E-state index in [-0.39, 0.29) is 16.7 Å². The normalized spacial score (nSPS) is 22.1. The van der Waals surface area contributed by atoms with Crippen LogP contribution in [0, 0.1) is 5.41 Å². The predicted molar refractivity (Wildman–Crippen MR) is 78.6 cm³/mol. The second-order valence-electron chi connectivity index (χ2n) is 5.93. The number of hydrogen-bond donors (Lipinski definition) is 1. The van der Waals surface area contributed by atoms with Gasteiger partial charge in [-0.1, -0.05) is 31.9 Å². The lowest BCUT2D eigenvalue weighted by atomic mass is 9.77. The van der Waals surface area contributed by atoms with Gasteiger partial charge in [-0.3, -0.25) is 4.79 Å². The molecule has 0 bridgehead atoms. The Morgan fingerprint density at radius 1 is 1.37 bits per heavy atom. The Labute approximate surface area is 119 Å². The topological polar surface area (TPSA) is 29.1 Å². The van der Waals surface area contributed by atoms with Gasteiger partial charge >= 0.3 is 0 Å². The second kappa shape index (κ2) is 4.82. The fourth-order valence-corrected chi connectivity index (χ4v) is 4.13. The summed E-state index contributed by atoms with van der Waals surface area (Å²) in [7, 11) is 0. The number of rotatable bonds is 3. The first-order valence-electron chi connectivity index (χ1n) is 7.21. The maximum Gasteiger partial charge on any atom is 0.228 e. The van der Waals surface area contributed by atoms with Crippen LogP contribution in [0.25, 0.3) is 0 Å². The number of nitrogens with one attached hydrogen (secondary N) is 1. The van der Waals surface area contributed by atoms with Crippen LogP contribution >= 0.6 is 11.6 Å². The third kappa shape index (κ3) is 2.16. The number of benzene rings is 1. The van der Waals surface area contributed by atoms with Gasteiger partial charge in [-0.25, -0.2) is 0 Å². The molecule has 2 nitrogen and oxygen atoms in total. The fourth-order valence-electron chi connectivity index (χ4n) is 3.63. The van der Waals surface area contributed by atoms with E-state index in [1.165, 1.54) is 31.2 Å². The summed E-state index contributed by atoms with van der Waals surface area (Å²) in [6.07, 6.45) is 6.67. The Hall–Kier alpha value is -1.02. The van der Waals surface area contributed by atoms with Crippen LogP contribution in [-0.4, -0.2) is 5.91 Å². The molecule has 0 saturated heterocycles. The molecule has 0 radical (unpaired) electrons. The van der Waals surface area contributed by atoms with Gasteiger partial charge in [0.15, 0.2) is 0 Å². The minimum Gasteiger partial charge on any atom is -0.326 e. The van der Waals surface area contributed by atoms with E-state index in [1.54, 1.807) is 0 Å². The average Bonchev–Trinajstić information content (AvgIpc) is 3.02. The molecule has 3 rings (SSSR count). The van der Waals surface area contributed by atoms with Crippen molar-refractivity contribution in [1.82, 2.24) is 0 Å². The number of hydrogen-bond acceptors (Lipinski definition) is 1. The first-order chi connectivity index (χ1) is 9.14. The van der Waals surface area contributed by atoms with Gasteiger partial charge in [0.05, 0.1) is 11.8 Å². The molecule has 1 aromatic carbocycles. The number of carbonyl (C=O) groups excluding carboxylic acids is 1. The number of amides is 1. The Bertz CT molecular complexity index is 505. The number of halogens is 1. The van der Waals surface area contributed by atoms with Gasteiger partial charge in [0.25, 0.3) is 0 Å². The van der Waals surface area contributed by atoms with Crippen molar-refractivity contribution in [3.8, 4) is 0 Å². The fraction of sp³-hybridized carbons (Fsp3) is 0.562. The maximum atomic E-state index is 11.4. The van der Waals surface area contributed by atoms with Crippen LogP contribution < -0.4 is 5.32 Å². The van der Waals surface area contributed by atoms with E-state index in [1.807, 2.05) is 6.07 Å². The lowest BCUT2D eigenvalue weighted by Gasteiger charge is -2.33. The molecule has 19 heavy (non-hydrogen) atoms. The largest absolute Gasteiger partial charge is 0.326 e. The van der Waals surface area contributed by atoms with Crippen molar-refractivity contribution >= 4 is 23.2 Å². The second-order valence-corrected chi connectivity index (χ2v) is 6.36. The van der Waals surface area contributed by atoms with Gasteiger partial charge < -0.3 is 5.32 Å². The molecule has 1 aromatic rings. The van der Waals surface area contributed by atoms with Crippen molar-refractivity contribution in [2.75, 3.05) is 5.32 Å². The zero-order valence-electron chi connectivity index (χ0n) is 11.3. The molecule has 0 aromatic heterocycles. The Kier molecular flexibility index (Phi) is 3.30. The van der Waals surface area contributed by atoms with Crippen LogP contribution in [0.5, 0.6) is 0 Å². The van der Waals surface area contributed by atoms with Crippen LogP contribution in [0.4, 0.5) is 5.69 Å². The molecule has 1 atom stereocenters. The van der Waals surface area contributed by atoms with Gasteiger partial charge in [-0.05, 0) is 41.9 Å². The summed E-state index contributed by atoms with van der Waals surface area (Å²) in [5, 5.41) is 2.94. The number of anilines is 1. The first-order valence-corrected chi connectivity index (χ1v) is 7.65. The summed E-state index contributed by atoms with van der Waals surface area (Å²) < 4.78 is 0. The summed E-state index contributed by atoms with van der Waals surface area (Å²) in [5.74, 6) is 0.0874. The minimum absolute atomic E-state index is 0.0704. The third-order valence-corrected chi connectivity index (χ3v) is 5.60. The van der Waals surface area contributed by atoms with Crippen molar-refractivity contribution in [1.29, 1.82) is 0 Å². The van der Waals surface area contributed by atoms with E-state index >= 15 is 0 Å². The quantitative estimate of drug-likeness (QED) is 0.814. The molecule has 1 heterocycles. The Morgan fingerprint density at radius 3 is 2.79 bits per heavy atom. The molecule has 1 amide bonds. The summed E-state index contributed by atoms with van der Waals surface area (Å²) in [5.41, 5.74) is 3.49. The molecule has 1 unspecified atom stereocenters. The van der Waals surface area contributed by atoms with Gasteiger partial charge in [-0.2, -0.15) is 0 Å². The third-order valence-electron chi connectivity index (χ3n) is 4.89. The zero-order valence-corrected chi connectivity index (χ0v) is 12.1. The minimum atomic E-state index is 0.0704. The summed E-state index contributed by atoms with van der Waals surface area (Å²) in [6, 6.07) is 6.21. The highest BCUT2D eigenvalue weighted by Crippen LogP contribution is 2.53. The van der Waals surface area contributed by atoms with Crippen LogP contribution in [0.3, 0.4) is 0 Å². The zero-order chi connectivity index (χ0) is 13.5. The molecule has 2 aliphatic rings. The van der Waals surface area contributed by atoms with Crippen molar-refractivity contribution < 1.29 is 4.79 Å². The molecular weight excluding hydrogens is 258 g/mol. The number of alkyl halides is 1. The summed E-state index contributed by atoms with van der Waals surface area (Å²) >= 11 is 6.80. The number of fused-ring (bicyclic) bond motifs is 1. The summed E-state index contributed by atoms with van der Waals surface area (Å²) in [4.78, 5) is 11.4. The van der Waals surface area contributed by atoms with Crippen molar-refractivity contribution in [2.24, 2.45) is 5.41 Å². The molecular formula is C16H20ClNO. The van der Waals surface area contributed by atoms with E-state index < -0.39 is 0 Å². The van der Waals surface area contributed by atoms with Crippen LogP contribution in [0.1, 0.15) is 55.5 Å². The van der Waals surface area contributed by atoms with Crippen molar-refractivity contribution in [3.63, 3.8) is 0 Å². The van der Waals surface area contributed by atoms with Gasteiger partial charge in [0.2, 0.25) is 5.91 Å². The Balaban J connectivity index is 1.90. The van der Waals surface area contributed by atoms with Gasteiger partial charge in [0, 0.05) is 5.69 Å². The smallest absolute Gasteiger partial charge is 0.228 e. The predicted octanol–water partition coefficient (Wildman–Crippen LogP) is 4.43. The molecule has 1 aliphatic carbocycles. The summed E-state index contributed by atoms with van der Waals surface area (Å²) in [6.45, 7) is 2.25. The lowest BCUT2D eigenvalue weighted by Crippen LogP contribution is -2.21. The van der Waals surface area contributed by atoms with Crippen LogP contribution in [0.15, 0.2) is 18.2 Å². The first kappa shape index (κ1) is 13.0. The van der Waals surface area contributed by atoms with E-state index in [2.05, 4.69) is 24.4 Å². The molecule has 1 aliphatic heterocycles. The average molecular weight is 278 g/mol. The highest BCUT2D eigenvalue weighted by molar-refractivity contribution is 6.21. The monoisotopic (exact) mass is 277 g/mol. The van der Waals surface area contributed by atoms with Gasteiger partial charge in [0.1, 0.15) is 0 Å². The molecule has 1 saturated carbocycles. The molecule has 1 fully saturated rings. The van der Waals surface area contributed by atoms with Crippen LogP contribution in [-0.2, 0) is 11.2 Å². The van der Waals surface area contributed by atoms with Crippen molar-refractivity contribution in [3.05, 3.63) is 29.3 Å². The van der Waals surface area contributed by atoms with Crippen LogP contribution in [0.2, 0.25) is 0 Å². The van der Waals surface area contributed by atoms with Crippen molar-refractivity contribution in [2.45, 2.75) is 50.8 Å². The van der Waals surface area contributed by atoms with E-state index in [9.17, 15) is 4.79 Å². The standard InChI is InChI=1S/C16H20ClNO/c1-2-16(7-3-4-8-16)15(17)11-5-6-13-12(9-11)10-14(19)18-13/h5-6,9,15H,2-4,7-8,10H2,1H3,(H,18,19). The highest BCUT2D eigenvalue weighted by atomic mass is 35.5. The molecule has 0 spiro atoms. The molecule has 1 N–H and O–H groups in total. The number of carbonyl (C=O) groups is 1. The lowest BCUT2D eigenvalue weighted by molar-refractivity contribution is -0.115. The van der Waals surface area contributed by atoms with E-state index in [0.717, 1.165) is 17.7 Å². The SMILES string of the molecule is CCC1(C(Cl)c2ccc3c(c2)CC(=O)N3)CCCC1. The van der Waals surface area contributed by atoms with E-state index in [4.69, 9.17) is 11.6 Å². The Morgan fingerprint density at radius 2 is 2.11 bits per heavy atom. The highest BCUT2D eigenvalue weighted by Gasteiger charge is 2.39.